The third kappa shape index (κ3) is 4.51. The molecule has 0 aliphatic rings. The van der Waals surface area contributed by atoms with Gasteiger partial charge < -0.3 is 10.6 Å². The van der Waals surface area contributed by atoms with Gasteiger partial charge in [0.25, 0.3) is 5.91 Å². The Balaban J connectivity index is 0.00000225. The topological polar surface area (TPSA) is 41.1 Å². The van der Waals surface area contributed by atoms with Crippen LogP contribution in [0.4, 0.5) is 0 Å². The van der Waals surface area contributed by atoms with Crippen LogP contribution >= 0.6 is 28.3 Å². The summed E-state index contributed by atoms with van der Waals surface area (Å²) in [5.41, 5.74) is 1.71. The zero-order valence-electron chi connectivity index (χ0n) is 9.34. The maximum atomic E-state index is 11.7. The van der Waals surface area contributed by atoms with Crippen molar-refractivity contribution in [2.45, 2.75) is 6.92 Å². The zero-order chi connectivity index (χ0) is 11.3. The maximum absolute atomic E-state index is 11.7. The van der Waals surface area contributed by atoms with Gasteiger partial charge in [-0.1, -0.05) is 22.0 Å². The van der Waals surface area contributed by atoms with Gasteiger partial charge in [-0.15, -0.1) is 12.4 Å². The average Bonchev–Trinajstić information content (AvgIpc) is 2.22. The Labute approximate surface area is 111 Å². The number of halogens is 2. The lowest BCUT2D eigenvalue weighted by Crippen LogP contribution is -2.30. The number of hydrogen-bond acceptors (Lipinski definition) is 2. The number of aryl methyl sites for hydroxylation is 1. The Bertz CT molecular complexity index is 358. The van der Waals surface area contributed by atoms with E-state index in [9.17, 15) is 4.79 Å². The molecular formula is C11H16BrClN2O. The first-order valence-electron chi connectivity index (χ1n) is 4.84. The van der Waals surface area contributed by atoms with Gasteiger partial charge in [0.05, 0.1) is 0 Å². The fourth-order valence-electron chi connectivity index (χ4n) is 1.24. The van der Waals surface area contributed by atoms with Crippen LogP contribution in [0.5, 0.6) is 0 Å². The fraction of sp³-hybridized carbons (Fsp3) is 0.364. The Morgan fingerprint density at radius 3 is 2.69 bits per heavy atom. The second-order valence-electron chi connectivity index (χ2n) is 3.32. The monoisotopic (exact) mass is 306 g/mol. The number of benzene rings is 1. The molecule has 16 heavy (non-hydrogen) atoms. The van der Waals surface area contributed by atoms with E-state index in [0.29, 0.717) is 6.54 Å². The minimum absolute atomic E-state index is 0. The molecule has 90 valence electrons. The number of rotatable bonds is 4. The molecule has 0 unspecified atom stereocenters. The lowest BCUT2D eigenvalue weighted by molar-refractivity contribution is 0.0953. The summed E-state index contributed by atoms with van der Waals surface area (Å²) in [6.07, 6.45) is 0. The minimum atomic E-state index is -0.0240. The highest BCUT2D eigenvalue weighted by molar-refractivity contribution is 9.10. The molecule has 0 bridgehead atoms. The molecule has 2 N–H and O–H groups in total. The van der Waals surface area contributed by atoms with Gasteiger partial charge in [0.1, 0.15) is 0 Å². The summed E-state index contributed by atoms with van der Waals surface area (Å²) in [5, 5.41) is 5.82. The van der Waals surface area contributed by atoms with Crippen molar-refractivity contribution < 1.29 is 4.79 Å². The smallest absolute Gasteiger partial charge is 0.251 e. The van der Waals surface area contributed by atoms with Gasteiger partial charge in [0.2, 0.25) is 0 Å². The van der Waals surface area contributed by atoms with Gasteiger partial charge in [0, 0.05) is 23.1 Å². The van der Waals surface area contributed by atoms with Crippen molar-refractivity contribution >= 4 is 34.2 Å². The zero-order valence-corrected chi connectivity index (χ0v) is 11.7. The van der Waals surface area contributed by atoms with Crippen LogP contribution in [0.1, 0.15) is 15.9 Å². The summed E-state index contributed by atoms with van der Waals surface area (Å²) in [6.45, 7) is 3.35. The molecule has 0 aromatic heterocycles. The Hall–Kier alpha value is -0.580. The fourth-order valence-corrected chi connectivity index (χ4v) is 1.60. The van der Waals surface area contributed by atoms with E-state index in [0.717, 1.165) is 22.1 Å². The van der Waals surface area contributed by atoms with Gasteiger partial charge in [-0.25, -0.2) is 0 Å². The van der Waals surface area contributed by atoms with Crippen molar-refractivity contribution in [1.82, 2.24) is 10.6 Å². The molecule has 0 saturated carbocycles. The van der Waals surface area contributed by atoms with Crippen LogP contribution in [-0.2, 0) is 0 Å². The van der Waals surface area contributed by atoms with E-state index >= 15 is 0 Å². The predicted octanol–water partition coefficient (Wildman–Crippen LogP) is 2.13. The van der Waals surface area contributed by atoms with Crippen LogP contribution in [0, 0.1) is 6.92 Å². The van der Waals surface area contributed by atoms with Gasteiger partial charge >= 0.3 is 0 Å². The lowest BCUT2D eigenvalue weighted by atomic mass is 10.1. The second kappa shape index (κ2) is 7.65. The van der Waals surface area contributed by atoms with Gasteiger partial charge in [-0.2, -0.15) is 0 Å². The van der Waals surface area contributed by atoms with Gasteiger partial charge in [-0.3, -0.25) is 4.79 Å². The standard InChI is InChI=1S/C11H15BrN2O.ClH/c1-8-3-4-9(12)7-10(8)11(15)14-6-5-13-2;/h3-4,7,13H,5-6H2,1-2H3,(H,14,15);1H. The van der Waals surface area contributed by atoms with E-state index in [1.54, 1.807) is 0 Å². The molecule has 0 fully saturated rings. The molecule has 0 heterocycles. The summed E-state index contributed by atoms with van der Waals surface area (Å²) in [4.78, 5) is 11.7. The highest BCUT2D eigenvalue weighted by Crippen LogP contribution is 2.15. The summed E-state index contributed by atoms with van der Waals surface area (Å²) in [7, 11) is 1.86. The first-order chi connectivity index (χ1) is 7.15. The highest BCUT2D eigenvalue weighted by Gasteiger charge is 2.08. The number of hydrogen-bond donors (Lipinski definition) is 2. The molecule has 1 rings (SSSR count). The first kappa shape index (κ1) is 15.4. The van der Waals surface area contributed by atoms with Crippen LogP contribution in [0.25, 0.3) is 0 Å². The molecule has 0 radical (unpaired) electrons. The number of nitrogens with one attached hydrogen (secondary N) is 2. The van der Waals surface area contributed by atoms with Crippen molar-refractivity contribution in [1.29, 1.82) is 0 Å². The van der Waals surface area contributed by atoms with Crippen molar-refractivity contribution in [3.8, 4) is 0 Å². The molecule has 3 nitrogen and oxygen atoms in total. The Morgan fingerprint density at radius 1 is 1.38 bits per heavy atom. The van der Waals surface area contributed by atoms with Crippen molar-refractivity contribution in [2.24, 2.45) is 0 Å². The number of carbonyl (C=O) groups is 1. The molecule has 1 aromatic carbocycles. The molecule has 0 saturated heterocycles. The van der Waals surface area contributed by atoms with E-state index in [1.807, 2.05) is 32.2 Å². The van der Waals surface area contributed by atoms with Crippen LogP contribution in [0.2, 0.25) is 0 Å². The Morgan fingerprint density at radius 2 is 2.06 bits per heavy atom. The van der Waals surface area contributed by atoms with E-state index in [2.05, 4.69) is 26.6 Å². The largest absolute Gasteiger partial charge is 0.351 e. The van der Waals surface area contributed by atoms with E-state index < -0.39 is 0 Å². The molecule has 5 heteroatoms. The highest BCUT2D eigenvalue weighted by atomic mass is 79.9. The van der Waals surface area contributed by atoms with Crippen LogP contribution in [-0.4, -0.2) is 26.0 Å². The summed E-state index contributed by atoms with van der Waals surface area (Å²) in [5.74, 6) is -0.0240. The van der Waals surface area contributed by atoms with E-state index in [1.165, 1.54) is 0 Å². The first-order valence-corrected chi connectivity index (χ1v) is 5.63. The van der Waals surface area contributed by atoms with E-state index in [-0.39, 0.29) is 18.3 Å². The van der Waals surface area contributed by atoms with Crippen LogP contribution < -0.4 is 10.6 Å². The summed E-state index contributed by atoms with van der Waals surface area (Å²) in [6, 6.07) is 5.70. The molecule has 0 aliphatic heterocycles. The third-order valence-corrected chi connectivity index (χ3v) is 2.60. The summed E-state index contributed by atoms with van der Waals surface area (Å²) >= 11 is 3.35. The van der Waals surface area contributed by atoms with Crippen LogP contribution in [0.15, 0.2) is 22.7 Å². The average molecular weight is 308 g/mol. The second-order valence-corrected chi connectivity index (χ2v) is 4.23. The number of amides is 1. The SMILES string of the molecule is CNCCNC(=O)c1cc(Br)ccc1C.Cl. The minimum Gasteiger partial charge on any atom is -0.351 e. The number of likely N-dealkylation sites (N-methyl/N-ethyl adjacent to an activating group) is 1. The summed E-state index contributed by atoms with van der Waals surface area (Å²) < 4.78 is 0.923. The molecule has 0 aliphatic carbocycles. The van der Waals surface area contributed by atoms with Crippen molar-refractivity contribution in [2.75, 3.05) is 20.1 Å². The molecule has 1 amide bonds. The molecule has 1 aromatic rings. The number of carbonyl (C=O) groups excluding carboxylic acids is 1. The van der Waals surface area contributed by atoms with Gasteiger partial charge in [0.15, 0.2) is 0 Å². The molecular weight excluding hydrogens is 291 g/mol. The maximum Gasteiger partial charge on any atom is 0.251 e. The van der Waals surface area contributed by atoms with Crippen molar-refractivity contribution in [3.63, 3.8) is 0 Å². The van der Waals surface area contributed by atoms with E-state index in [4.69, 9.17) is 0 Å². The third-order valence-electron chi connectivity index (χ3n) is 2.10. The quantitative estimate of drug-likeness (QED) is 0.837. The predicted molar refractivity (Wildman–Crippen MR) is 72.4 cm³/mol. The lowest BCUT2D eigenvalue weighted by Gasteiger charge is -2.07. The van der Waals surface area contributed by atoms with Gasteiger partial charge in [-0.05, 0) is 31.7 Å². The normalized spacial score (nSPS) is 9.44. The molecule has 0 atom stereocenters. The Kier molecular flexibility index (Phi) is 7.38. The van der Waals surface area contributed by atoms with Crippen LogP contribution in [0.3, 0.4) is 0 Å². The molecule has 0 spiro atoms. The van der Waals surface area contributed by atoms with Crippen molar-refractivity contribution in [3.05, 3.63) is 33.8 Å².